The Morgan fingerprint density at radius 3 is 2.23 bits per heavy atom. The number of rotatable bonds is 2. The van der Waals surface area contributed by atoms with E-state index < -0.39 is 0 Å². The summed E-state index contributed by atoms with van der Waals surface area (Å²) in [6.45, 7) is 9.22. The molecule has 1 unspecified atom stereocenters. The molecule has 0 aromatic heterocycles. The topological polar surface area (TPSA) is 15.3 Å². The Bertz CT molecular complexity index is 165. The SMILES string of the molecule is CC(C)C1NN(C(C)C)C2CC1C2. The van der Waals surface area contributed by atoms with Crippen LogP contribution in [0.25, 0.3) is 0 Å². The molecule has 0 aromatic rings. The van der Waals surface area contributed by atoms with E-state index in [0.29, 0.717) is 6.04 Å². The highest BCUT2D eigenvalue weighted by Crippen LogP contribution is 2.41. The van der Waals surface area contributed by atoms with Crippen LogP contribution in [0.15, 0.2) is 0 Å². The minimum absolute atomic E-state index is 0.646. The van der Waals surface area contributed by atoms with Gasteiger partial charge in [0, 0.05) is 18.1 Å². The van der Waals surface area contributed by atoms with Crippen molar-refractivity contribution in [3.63, 3.8) is 0 Å². The van der Waals surface area contributed by atoms with E-state index in [9.17, 15) is 0 Å². The van der Waals surface area contributed by atoms with Crippen molar-refractivity contribution in [2.75, 3.05) is 0 Å². The van der Waals surface area contributed by atoms with Gasteiger partial charge in [-0.3, -0.25) is 5.43 Å². The predicted molar refractivity (Wildman–Crippen MR) is 55.2 cm³/mol. The van der Waals surface area contributed by atoms with E-state index in [1.165, 1.54) is 12.8 Å². The van der Waals surface area contributed by atoms with Crippen LogP contribution in [0.5, 0.6) is 0 Å². The third-order valence-electron chi connectivity index (χ3n) is 3.62. The Balaban J connectivity index is 2.02. The van der Waals surface area contributed by atoms with Crippen molar-refractivity contribution in [1.29, 1.82) is 0 Å². The van der Waals surface area contributed by atoms with Crippen molar-refractivity contribution in [2.24, 2.45) is 11.8 Å². The first-order chi connectivity index (χ1) is 6.09. The number of fused-ring (bicyclic) bond motifs is 2. The molecule has 76 valence electrons. The van der Waals surface area contributed by atoms with Crippen molar-refractivity contribution < 1.29 is 0 Å². The summed E-state index contributed by atoms with van der Waals surface area (Å²) in [5.74, 6) is 1.73. The molecule has 0 spiro atoms. The third kappa shape index (κ3) is 1.50. The van der Waals surface area contributed by atoms with Gasteiger partial charge in [0.2, 0.25) is 0 Å². The summed E-state index contributed by atoms with van der Waals surface area (Å²) < 4.78 is 0. The fourth-order valence-corrected chi connectivity index (χ4v) is 2.80. The van der Waals surface area contributed by atoms with Gasteiger partial charge in [0.25, 0.3) is 0 Å². The maximum Gasteiger partial charge on any atom is 0.0267 e. The molecule has 2 bridgehead atoms. The fraction of sp³-hybridized carbons (Fsp3) is 1.00. The summed E-state index contributed by atoms with van der Waals surface area (Å²) >= 11 is 0. The normalized spacial score (nSPS) is 39.7. The van der Waals surface area contributed by atoms with Crippen LogP contribution in [0, 0.1) is 11.8 Å². The highest BCUT2D eigenvalue weighted by molar-refractivity contribution is 4.99. The number of hydrogen-bond donors (Lipinski definition) is 1. The molecule has 0 amide bonds. The van der Waals surface area contributed by atoms with Crippen LogP contribution in [0.3, 0.4) is 0 Å². The lowest BCUT2D eigenvalue weighted by atomic mass is 9.70. The lowest BCUT2D eigenvalue weighted by Gasteiger charge is -2.56. The molecule has 2 aliphatic heterocycles. The van der Waals surface area contributed by atoms with Crippen LogP contribution < -0.4 is 5.43 Å². The average molecular weight is 182 g/mol. The average Bonchev–Trinajstić information content (AvgIpc) is 2.01. The van der Waals surface area contributed by atoms with Gasteiger partial charge in [0.05, 0.1) is 0 Å². The largest absolute Gasteiger partial charge is 0.251 e. The van der Waals surface area contributed by atoms with Crippen LogP contribution >= 0.6 is 0 Å². The first-order valence-electron chi connectivity index (χ1n) is 5.64. The highest BCUT2D eigenvalue weighted by atomic mass is 15.6. The highest BCUT2D eigenvalue weighted by Gasteiger charge is 2.46. The van der Waals surface area contributed by atoms with Crippen molar-refractivity contribution in [3.8, 4) is 0 Å². The van der Waals surface area contributed by atoms with Crippen molar-refractivity contribution in [3.05, 3.63) is 0 Å². The summed E-state index contributed by atoms with van der Waals surface area (Å²) in [6, 6.07) is 2.21. The van der Waals surface area contributed by atoms with E-state index in [4.69, 9.17) is 0 Å². The second kappa shape index (κ2) is 3.25. The minimum Gasteiger partial charge on any atom is -0.251 e. The summed E-state index contributed by atoms with van der Waals surface area (Å²) in [5, 5.41) is 2.48. The molecule has 2 heterocycles. The van der Waals surface area contributed by atoms with E-state index in [1.54, 1.807) is 0 Å². The number of hydrazine groups is 1. The Labute approximate surface area is 81.7 Å². The Morgan fingerprint density at radius 2 is 1.77 bits per heavy atom. The van der Waals surface area contributed by atoms with Crippen molar-refractivity contribution in [1.82, 2.24) is 10.4 Å². The zero-order valence-corrected chi connectivity index (χ0v) is 9.25. The van der Waals surface area contributed by atoms with Gasteiger partial charge in [-0.15, -0.1) is 0 Å². The molecule has 0 aromatic carbocycles. The fourth-order valence-electron chi connectivity index (χ4n) is 2.80. The van der Waals surface area contributed by atoms with Crippen LogP contribution in [0.2, 0.25) is 0 Å². The molecule has 1 saturated carbocycles. The summed E-state index contributed by atoms with van der Waals surface area (Å²) in [5.41, 5.74) is 3.69. The molecule has 13 heavy (non-hydrogen) atoms. The molecule has 1 atom stereocenters. The first-order valence-corrected chi connectivity index (χ1v) is 5.64. The lowest BCUT2D eigenvalue weighted by molar-refractivity contribution is -0.0937. The van der Waals surface area contributed by atoms with Gasteiger partial charge in [0.15, 0.2) is 0 Å². The summed E-state index contributed by atoms with van der Waals surface area (Å²) in [6.07, 6.45) is 2.85. The van der Waals surface area contributed by atoms with E-state index >= 15 is 0 Å². The monoisotopic (exact) mass is 182 g/mol. The van der Waals surface area contributed by atoms with Gasteiger partial charge >= 0.3 is 0 Å². The second-order valence-corrected chi connectivity index (χ2v) is 5.29. The van der Waals surface area contributed by atoms with Gasteiger partial charge in [-0.25, -0.2) is 5.01 Å². The number of nitrogens with one attached hydrogen (secondary N) is 1. The quantitative estimate of drug-likeness (QED) is 0.703. The molecule has 0 radical (unpaired) electrons. The number of hydrogen-bond acceptors (Lipinski definition) is 2. The molecule has 2 heteroatoms. The molecular weight excluding hydrogens is 160 g/mol. The second-order valence-electron chi connectivity index (χ2n) is 5.29. The number of nitrogens with zero attached hydrogens (tertiary/aromatic N) is 1. The van der Waals surface area contributed by atoms with Gasteiger partial charge in [-0.2, -0.15) is 0 Å². The van der Waals surface area contributed by atoms with Crippen LogP contribution in [0.1, 0.15) is 40.5 Å². The Morgan fingerprint density at radius 1 is 1.15 bits per heavy atom. The van der Waals surface area contributed by atoms with Crippen molar-refractivity contribution in [2.45, 2.75) is 58.7 Å². The third-order valence-corrected chi connectivity index (χ3v) is 3.62. The van der Waals surface area contributed by atoms with Crippen LogP contribution in [-0.2, 0) is 0 Å². The van der Waals surface area contributed by atoms with E-state index in [1.807, 2.05) is 0 Å². The molecular formula is C11H22N2. The molecule has 3 rings (SSSR count). The van der Waals surface area contributed by atoms with Crippen molar-refractivity contribution >= 4 is 0 Å². The van der Waals surface area contributed by atoms with Crippen LogP contribution in [0.4, 0.5) is 0 Å². The molecule has 1 aliphatic carbocycles. The maximum atomic E-state index is 3.69. The standard InChI is InChI=1S/C11H22N2/c1-7(2)11-9-5-10(6-9)13(12-11)8(3)4/h7-12H,5-6H2,1-4H3. The van der Waals surface area contributed by atoms with E-state index in [0.717, 1.165) is 23.9 Å². The Hall–Kier alpha value is -0.0800. The molecule has 1 N–H and O–H groups in total. The smallest absolute Gasteiger partial charge is 0.0267 e. The molecule has 2 saturated heterocycles. The van der Waals surface area contributed by atoms with Gasteiger partial charge in [-0.05, 0) is 38.5 Å². The van der Waals surface area contributed by atoms with E-state index in [-0.39, 0.29) is 0 Å². The molecule has 3 aliphatic rings. The predicted octanol–water partition coefficient (Wildman–Crippen LogP) is 2.02. The zero-order chi connectivity index (χ0) is 9.59. The van der Waals surface area contributed by atoms with Crippen LogP contribution in [-0.4, -0.2) is 23.1 Å². The lowest BCUT2D eigenvalue weighted by Crippen LogP contribution is -2.68. The first kappa shape index (κ1) is 9.47. The van der Waals surface area contributed by atoms with E-state index in [2.05, 4.69) is 38.1 Å². The summed E-state index contributed by atoms with van der Waals surface area (Å²) in [4.78, 5) is 0. The zero-order valence-electron chi connectivity index (χ0n) is 9.25. The minimum atomic E-state index is 0.646. The van der Waals surface area contributed by atoms with Gasteiger partial charge in [-0.1, -0.05) is 13.8 Å². The maximum absolute atomic E-state index is 3.69. The Kier molecular flexibility index (Phi) is 2.37. The molecule has 3 fully saturated rings. The molecule has 2 nitrogen and oxygen atoms in total. The summed E-state index contributed by atoms with van der Waals surface area (Å²) in [7, 11) is 0. The van der Waals surface area contributed by atoms with Gasteiger partial charge in [0.1, 0.15) is 0 Å². The van der Waals surface area contributed by atoms with Gasteiger partial charge < -0.3 is 0 Å².